The highest BCUT2D eigenvalue weighted by atomic mass is 16.3. The van der Waals surface area contributed by atoms with Crippen LogP contribution in [0, 0.1) is 6.92 Å². The molecule has 0 unspecified atom stereocenters. The molecule has 28 heavy (non-hydrogen) atoms. The smallest absolute Gasteiger partial charge is 0.142 e. The molecule has 0 aliphatic rings. The third-order valence-electron chi connectivity index (χ3n) is 5.24. The standard InChI is InChI=1S/C23H33NO2.C2H6/c1-7-24(6)22-21-18(13-20(15(2)3)23(22)26)12-11-17(5)19(21)10-8-9-16(4)14-25;1-2/h9,11-13,15,25-26H,7-8,10,14H2,1-6H3;1-2H3/b16-9+;. The van der Waals surface area contributed by atoms with Gasteiger partial charge in [-0.1, -0.05) is 51.5 Å². The van der Waals surface area contributed by atoms with Crippen LogP contribution in [0.15, 0.2) is 29.8 Å². The monoisotopic (exact) mass is 385 g/mol. The van der Waals surface area contributed by atoms with Gasteiger partial charge in [-0.05, 0) is 67.7 Å². The number of benzene rings is 2. The summed E-state index contributed by atoms with van der Waals surface area (Å²) in [4.78, 5) is 2.14. The number of anilines is 1. The average Bonchev–Trinajstić information content (AvgIpc) is 2.69. The van der Waals surface area contributed by atoms with E-state index in [-0.39, 0.29) is 12.5 Å². The molecule has 0 heterocycles. The molecule has 0 radical (unpaired) electrons. The van der Waals surface area contributed by atoms with Gasteiger partial charge in [0.1, 0.15) is 5.75 Å². The summed E-state index contributed by atoms with van der Waals surface area (Å²) in [6.07, 6.45) is 3.88. The molecule has 0 spiro atoms. The number of aliphatic hydroxyl groups excluding tert-OH is 1. The maximum atomic E-state index is 11.0. The number of hydrogen-bond acceptors (Lipinski definition) is 3. The molecule has 0 amide bonds. The topological polar surface area (TPSA) is 43.7 Å². The van der Waals surface area contributed by atoms with E-state index < -0.39 is 0 Å². The van der Waals surface area contributed by atoms with Crippen LogP contribution < -0.4 is 4.90 Å². The zero-order chi connectivity index (χ0) is 21.4. The molecular formula is C25H39NO2. The summed E-state index contributed by atoms with van der Waals surface area (Å²) in [5, 5.41) is 22.6. The summed E-state index contributed by atoms with van der Waals surface area (Å²) >= 11 is 0. The number of aryl methyl sites for hydroxylation is 2. The Kier molecular flexibility index (Phi) is 9.54. The number of phenolic OH excluding ortho intramolecular Hbond substituents is 1. The number of allylic oxidation sites excluding steroid dienone is 1. The van der Waals surface area contributed by atoms with Crippen LogP contribution in [-0.4, -0.2) is 30.4 Å². The Morgan fingerprint density at radius 1 is 1.21 bits per heavy atom. The van der Waals surface area contributed by atoms with Crippen molar-refractivity contribution >= 4 is 16.5 Å². The Balaban J connectivity index is 0.00000190. The number of aromatic hydroxyl groups is 1. The molecule has 0 atom stereocenters. The van der Waals surface area contributed by atoms with Gasteiger partial charge in [-0.25, -0.2) is 0 Å². The minimum atomic E-state index is 0.108. The van der Waals surface area contributed by atoms with E-state index >= 15 is 0 Å². The largest absolute Gasteiger partial charge is 0.505 e. The fourth-order valence-corrected chi connectivity index (χ4v) is 3.48. The van der Waals surface area contributed by atoms with Gasteiger partial charge in [-0.3, -0.25) is 0 Å². The SMILES string of the molecule is CC.CCN(C)c1c(O)c(C(C)C)cc2ccc(C)c(CC/C=C(\C)CO)c12. The highest BCUT2D eigenvalue weighted by molar-refractivity contribution is 6.01. The molecule has 0 saturated carbocycles. The van der Waals surface area contributed by atoms with Gasteiger partial charge in [-0.2, -0.15) is 0 Å². The second kappa shape index (κ2) is 11.1. The van der Waals surface area contributed by atoms with Crippen LogP contribution in [0.3, 0.4) is 0 Å². The Morgan fingerprint density at radius 3 is 2.39 bits per heavy atom. The molecule has 156 valence electrons. The van der Waals surface area contributed by atoms with Gasteiger partial charge in [0.05, 0.1) is 12.3 Å². The van der Waals surface area contributed by atoms with Crippen molar-refractivity contribution in [3.05, 3.63) is 46.5 Å². The first-order valence-electron chi connectivity index (χ1n) is 10.6. The third-order valence-corrected chi connectivity index (χ3v) is 5.24. The van der Waals surface area contributed by atoms with E-state index in [0.29, 0.717) is 5.75 Å². The van der Waals surface area contributed by atoms with Gasteiger partial charge in [0.15, 0.2) is 0 Å². The van der Waals surface area contributed by atoms with Crippen LogP contribution in [0.5, 0.6) is 5.75 Å². The lowest BCUT2D eigenvalue weighted by Crippen LogP contribution is -2.17. The van der Waals surface area contributed by atoms with Crippen LogP contribution in [0.4, 0.5) is 5.69 Å². The van der Waals surface area contributed by atoms with E-state index in [1.807, 2.05) is 27.8 Å². The Bertz CT molecular complexity index is 806. The predicted molar refractivity (Wildman–Crippen MR) is 124 cm³/mol. The number of rotatable bonds is 7. The van der Waals surface area contributed by atoms with E-state index in [1.54, 1.807) is 0 Å². The highest BCUT2D eigenvalue weighted by Crippen LogP contribution is 2.43. The molecule has 0 saturated heterocycles. The lowest BCUT2D eigenvalue weighted by Gasteiger charge is -2.26. The summed E-state index contributed by atoms with van der Waals surface area (Å²) < 4.78 is 0. The van der Waals surface area contributed by atoms with Gasteiger partial charge in [0.2, 0.25) is 0 Å². The molecule has 0 aromatic heterocycles. The summed E-state index contributed by atoms with van der Waals surface area (Å²) in [6, 6.07) is 6.48. The van der Waals surface area contributed by atoms with Gasteiger partial charge in [0.25, 0.3) is 0 Å². The second-order valence-electron chi connectivity index (χ2n) is 7.54. The van der Waals surface area contributed by atoms with Crippen LogP contribution in [0.1, 0.15) is 70.6 Å². The Morgan fingerprint density at radius 2 is 1.86 bits per heavy atom. The molecule has 0 aliphatic carbocycles. The van der Waals surface area contributed by atoms with E-state index in [2.05, 4.69) is 56.9 Å². The summed E-state index contributed by atoms with van der Waals surface area (Å²) in [6.45, 7) is 15.4. The van der Waals surface area contributed by atoms with Crippen molar-refractivity contribution in [3.63, 3.8) is 0 Å². The first kappa shape index (κ1) is 24.0. The molecule has 2 N–H and O–H groups in total. The maximum Gasteiger partial charge on any atom is 0.142 e. The van der Waals surface area contributed by atoms with Crippen molar-refractivity contribution in [3.8, 4) is 5.75 Å². The normalized spacial score (nSPS) is 11.6. The minimum Gasteiger partial charge on any atom is -0.505 e. The number of fused-ring (bicyclic) bond motifs is 1. The van der Waals surface area contributed by atoms with E-state index in [0.717, 1.165) is 41.6 Å². The number of hydrogen-bond donors (Lipinski definition) is 2. The van der Waals surface area contributed by atoms with E-state index in [1.165, 1.54) is 16.5 Å². The number of phenols is 1. The predicted octanol–water partition coefficient (Wildman–Crippen LogP) is 6.33. The van der Waals surface area contributed by atoms with E-state index in [9.17, 15) is 10.2 Å². The van der Waals surface area contributed by atoms with Crippen molar-refractivity contribution in [1.82, 2.24) is 0 Å². The molecule has 0 bridgehead atoms. The zero-order valence-electron chi connectivity index (χ0n) is 19.1. The molecule has 3 heteroatoms. The van der Waals surface area contributed by atoms with Crippen molar-refractivity contribution in [2.45, 2.75) is 67.2 Å². The molecule has 2 rings (SSSR count). The lowest BCUT2D eigenvalue weighted by atomic mass is 9.90. The maximum absolute atomic E-state index is 11.0. The van der Waals surface area contributed by atoms with Gasteiger partial charge < -0.3 is 15.1 Å². The van der Waals surface area contributed by atoms with Gasteiger partial charge in [0, 0.05) is 19.0 Å². The summed E-state index contributed by atoms with van der Waals surface area (Å²) in [5.41, 5.74) is 5.47. The quantitative estimate of drug-likeness (QED) is 0.547. The highest BCUT2D eigenvalue weighted by Gasteiger charge is 2.20. The minimum absolute atomic E-state index is 0.108. The van der Waals surface area contributed by atoms with E-state index in [4.69, 9.17) is 0 Å². The Hall–Kier alpha value is -2.00. The average molecular weight is 386 g/mol. The molecule has 2 aromatic carbocycles. The van der Waals surface area contributed by atoms with Crippen LogP contribution >= 0.6 is 0 Å². The zero-order valence-corrected chi connectivity index (χ0v) is 19.1. The van der Waals surface area contributed by atoms with Gasteiger partial charge >= 0.3 is 0 Å². The third kappa shape index (κ3) is 5.29. The van der Waals surface area contributed by atoms with Crippen LogP contribution in [-0.2, 0) is 6.42 Å². The molecule has 2 aromatic rings. The fraction of sp³-hybridized carbons (Fsp3) is 0.520. The van der Waals surface area contributed by atoms with Crippen molar-refractivity contribution in [2.75, 3.05) is 25.1 Å². The first-order valence-corrected chi connectivity index (χ1v) is 10.6. The number of aliphatic hydroxyl groups is 1. The molecule has 0 aliphatic heterocycles. The van der Waals surface area contributed by atoms with Crippen molar-refractivity contribution < 1.29 is 10.2 Å². The molecule has 3 nitrogen and oxygen atoms in total. The van der Waals surface area contributed by atoms with Crippen molar-refractivity contribution in [1.29, 1.82) is 0 Å². The summed E-state index contributed by atoms with van der Waals surface area (Å²) in [7, 11) is 2.04. The van der Waals surface area contributed by atoms with Gasteiger partial charge in [-0.15, -0.1) is 0 Å². The molecule has 0 fully saturated rings. The fourth-order valence-electron chi connectivity index (χ4n) is 3.48. The first-order chi connectivity index (χ1) is 13.3. The summed E-state index contributed by atoms with van der Waals surface area (Å²) in [5.74, 6) is 0.675. The van der Waals surface area contributed by atoms with Crippen LogP contribution in [0.25, 0.3) is 10.8 Å². The number of nitrogens with zero attached hydrogens (tertiary/aromatic N) is 1. The van der Waals surface area contributed by atoms with Crippen molar-refractivity contribution in [2.24, 2.45) is 0 Å². The Labute approximate surface area is 171 Å². The molecular weight excluding hydrogens is 346 g/mol. The lowest BCUT2D eigenvalue weighted by molar-refractivity contribution is 0.331. The van der Waals surface area contributed by atoms with Crippen LogP contribution in [0.2, 0.25) is 0 Å². The second-order valence-corrected chi connectivity index (χ2v) is 7.54.